The number of pyridine rings is 1. The smallest absolute Gasteiger partial charge is 0.407 e. The van der Waals surface area contributed by atoms with Crippen LogP contribution in [0.4, 0.5) is 26.0 Å². The zero-order chi connectivity index (χ0) is 21.8. The van der Waals surface area contributed by atoms with Gasteiger partial charge in [0.2, 0.25) is 0 Å². The van der Waals surface area contributed by atoms with Gasteiger partial charge >= 0.3 is 6.09 Å². The lowest BCUT2D eigenvalue weighted by Gasteiger charge is -2.32. The van der Waals surface area contributed by atoms with E-state index in [4.69, 9.17) is 4.74 Å². The Balaban J connectivity index is 1.57. The third-order valence-electron chi connectivity index (χ3n) is 5.42. The maximum absolute atomic E-state index is 15.4. The van der Waals surface area contributed by atoms with E-state index in [1.54, 1.807) is 12.3 Å². The number of piperidine rings is 1. The van der Waals surface area contributed by atoms with Crippen molar-refractivity contribution >= 4 is 34.2 Å². The second kappa shape index (κ2) is 9.75. The summed E-state index contributed by atoms with van der Waals surface area (Å²) in [4.78, 5) is 24.7. The Bertz CT molecular complexity index is 920. The summed E-state index contributed by atoms with van der Waals surface area (Å²) in [7, 11) is 0. The van der Waals surface area contributed by atoms with Crippen molar-refractivity contribution in [3.8, 4) is 0 Å². The van der Waals surface area contributed by atoms with Crippen LogP contribution in [0.2, 0.25) is 0 Å². The summed E-state index contributed by atoms with van der Waals surface area (Å²) in [5.74, 6) is 0.242. The van der Waals surface area contributed by atoms with Crippen molar-refractivity contribution in [2.24, 2.45) is 0 Å². The number of rotatable bonds is 6. The molecule has 0 spiro atoms. The Hall–Kier alpha value is -2.50. The van der Waals surface area contributed by atoms with Gasteiger partial charge in [-0.05, 0) is 25.8 Å². The van der Waals surface area contributed by atoms with Crippen molar-refractivity contribution in [3.05, 3.63) is 28.5 Å². The molecule has 3 N–H and O–H groups in total. The third kappa shape index (κ3) is 5.60. The largest absolute Gasteiger partial charge is 0.465 e. The van der Waals surface area contributed by atoms with E-state index in [0.717, 1.165) is 30.8 Å². The van der Waals surface area contributed by atoms with Crippen LogP contribution in [0.3, 0.4) is 0 Å². The van der Waals surface area contributed by atoms with Crippen molar-refractivity contribution < 1.29 is 19.0 Å². The average molecular weight is 451 g/mol. The van der Waals surface area contributed by atoms with E-state index in [1.165, 1.54) is 16.2 Å². The van der Waals surface area contributed by atoms with E-state index in [1.807, 2.05) is 6.92 Å². The number of nitrogens with zero attached hydrogens (tertiary/aromatic N) is 4. The van der Waals surface area contributed by atoms with E-state index in [-0.39, 0.29) is 11.9 Å². The molecular weight excluding hydrogens is 423 g/mol. The molecule has 2 aromatic heterocycles. The zero-order valence-corrected chi connectivity index (χ0v) is 18.3. The van der Waals surface area contributed by atoms with E-state index >= 15 is 4.39 Å². The molecule has 31 heavy (non-hydrogen) atoms. The van der Waals surface area contributed by atoms with Gasteiger partial charge in [0.25, 0.3) is 0 Å². The highest BCUT2D eigenvalue weighted by Gasteiger charge is 2.25. The summed E-state index contributed by atoms with van der Waals surface area (Å²) in [6.07, 6.45) is 2.30. The van der Waals surface area contributed by atoms with Crippen LogP contribution < -0.4 is 10.6 Å². The van der Waals surface area contributed by atoms with Crippen LogP contribution in [0.15, 0.2) is 12.3 Å². The molecule has 2 aliphatic rings. The first-order valence-electron chi connectivity index (χ1n) is 10.4. The SMILES string of the molecule is Cc1cnc(Nc2cc(CN3CCOCC3)c(F)c(NC3CCCN(C(=O)O)C3)n2)s1. The van der Waals surface area contributed by atoms with Gasteiger partial charge in [-0.25, -0.2) is 19.2 Å². The van der Waals surface area contributed by atoms with Gasteiger partial charge in [-0.15, -0.1) is 11.3 Å². The lowest BCUT2D eigenvalue weighted by molar-refractivity contribution is 0.0337. The predicted octanol–water partition coefficient (Wildman–Crippen LogP) is 3.12. The number of carboxylic acid groups (broad SMARTS) is 1. The second-order valence-electron chi connectivity index (χ2n) is 7.83. The number of likely N-dealkylation sites (tertiary alicyclic amines) is 1. The first-order chi connectivity index (χ1) is 15.0. The number of halogens is 1. The van der Waals surface area contributed by atoms with Gasteiger partial charge in [0.1, 0.15) is 5.82 Å². The van der Waals surface area contributed by atoms with Gasteiger partial charge in [0, 0.05) is 55.4 Å². The third-order valence-corrected chi connectivity index (χ3v) is 6.25. The van der Waals surface area contributed by atoms with Crippen molar-refractivity contribution in [3.63, 3.8) is 0 Å². The summed E-state index contributed by atoms with van der Waals surface area (Å²) >= 11 is 1.50. The minimum Gasteiger partial charge on any atom is -0.465 e. The Morgan fingerprint density at radius 1 is 1.39 bits per heavy atom. The van der Waals surface area contributed by atoms with Crippen LogP contribution in [-0.2, 0) is 11.3 Å². The summed E-state index contributed by atoms with van der Waals surface area (Å²) in [5, 5.41) is 16.3. The first kappa shape index (κ1) is 21.7. The number of aromatic nitrogens is 2. The molecule has 0 aliphatic carbocycles. The van der Waals surface area contributed by atoms with Gasteiger partial charge in [-0.2, -0.15) is 0 Å². The minimum absolute atomic E-state index is 0.138. The van der Waals surface area contributed by atoms with E-state index in [9.17, 15) is 9.90 Å². The summed E-state index contributed by atoms with van der Waals surface area (Å²) in [5.41, 5.74) is 0.529. The topological polar surface area (TPSA) is 103 Å². The van der Waals surface area contributed by atoms with Gasteiger partial charge in [-0.3, -0.25) is 4.90 Å². The molecule has 0 aromatic carbocycles. The fraction of sp³-hybridized carbons (Fsp3) is 0.550. The minimum atomic E-state index is -0.956. The highest BCUT2D eigenvalue weighted by atomic mass is 32.1. The fourth-order valence-electron chi connectivity index (χ4n) is 3.84. The number of aryl methyl sites for hydroxylation is 1. The number of hydrogen-bond donors (Lipinski definition) is 3. The van der Waals surface area contributed by atoms with Crippen molar-refractivity contribution in [2.45, 2.75) is 32.4 Å². The number of carbonyl (C=O) groups is 1. The fourth-order valence-corrected chi connectivity index (χ4v) is 4.51. The number of ether oxygens (including phenoxy) is 1. The molecule has 168 valence electrons. The van der Waals surface area contributed by atoms with Gasteiger partial charge in [-0.1, -0.05) is 0 Å². The molecule has 0 saturated carbocycles. The molecule has 0 radical (unpaired) electrons. The Morgan fingerprint density at radius 2 is 2.19 bits per heavy atom. The molecule has 1 amide bonds. The van der Waals surface area contributed by atoms with Crippen molar-refractivity contribution in [2.75, 3.05) is 50.0 Å². The van der Waals surface area contributed by atoms with Crippen LogP contribution in [0.5, 0.6) is 0 Å². The molecule has 1 unspecified atom stereocenters. The molecule has 4 heterocycles. The van der Waals surface area contributed by atoms with E-state index in [0.29, 0.717) is 49.4 Å². The molecule has 0 bridgehead atoms. The standard InChI is InChI=1S/C20H27FN6O3S/c1-13-10-22-19(31-13)25-16-9-14(11-26-5-7-30-8-6-26)17(21)18(24-16)23-15-3-2-4-27(12-15)20(28)29/h9-10,15H,2-8,11-12H2,1H3,(H,28,29)(H2,22,23,24,25). The molecule has 11 heteroatoms. The quantitative estimate of drug-likeness (QED) is 0.617. The van der Waals surface area contributed by atoms with E-state index < -0.39 is 11.9 Å². The Labute approximate surface area is 184 Å². The number of amides is 1. The predicted molar refractivity (Wildman–Crippen MR) is 117 cm³/mol. The average Bonchev–Trinajstić information content (AvgIpc) is 3.17. The summed E-state index contributed by atoms with van der Waals surface area (Å²) in [6, 6.07) is 1.53. The highest BCUT2D eigenvalue weighted by Crippen LogP contribution is 2.27. The van der Waals surface area contributed by atoms with Crippen LogP contribution in [0.1, 0.15) is 23.3 Å². The number of morpholine rings is 1. The first-order valence-corrected chi connectivity index (χ1v) is 11.2. The maximum Gasteiger partial charge on any atom is 0.407 e. The summed E-state index contributed by atoms with van der Waals surface area (Å²) < 4.78 is 20.8. The molecule has 2 saturated heterocycles. The normalized spacial score (nSPS) is 19.9. The van der Waals surface area contributed by atoms with Gasteiger partial charge < -0.3 is 25.4 Å². The number of thiazole rings is 1. The molecule has 1 atom stereocenters. The molecule has 2 aliphatic heterocycles. The van der Waals surface area contributed by atoms with Crippen LogP contribution in [0.25, 0.3) is 0 Å². The van der Waals surface area contributed by atoms with E-state index in [2.05, 4.69) is 25.5 Å². The number of hydrogen-bond acceptors (Lipinski definition) is 8. The van der Waals surface area contributed by atoms with Crippen LogP contribution >= 0.6 is 11.3 Å². The van der Waals surface area contributed by atoms with Crippen molar-refractivity contribution in [1.29, 1.82) is 0 Å². The maximum atomic E-state index is 15.4. The highest BCUT2D eigenvalue weighted by molar-refractivity contribution is 7.15. The molecular formula is C20H27FN6O3S. The second-order valence-corrected chi connectivity index (χ2v) is 9.07. The molecule has 2 fully saturated rings. The van der Waals surface area contributed by atoms with Gasteiger partial charge in [0.15, 0.2) is 16.8 Å². The van der Waals surface area contributed by atoms with Gasteiger partial charge in [0.05, 0.1) is 13.2 Å². The monoisotopic (exact) mass is 450 g/mol. The van der Waals surface area contributed by atoms with Crippen LogP contribution in [0, 0.1) is 12.7 Å². The Kier molecular flexibility index (Phi) is 6.83. The number of anilines is 3. The zero-order valence-electron chi connectivity index (χ0n) is 17.4. The van der Waals surface area contributed by atoms with Crippen LogP contribution in [-0.4, -0.2) is 76.4 Å². The lowest BCUT2D eigenvalue weighted by atomic mass is 10.1. The molecule has 9 nitrogen and oxygen atoms in total. The molecule has 4 rings (SSSR count). The summed E-state index contributed by atoms with van der Waals surface area (Å²) in [6.45, 7) is 5.97. The Morgan fingerprint density at radius 3 is 2.90 bits per heavy atom. The lowest BCUT2D eigenvalue weighted by Crippen LogP contribution is -2.44. The van der Waals surface area contributed by atoms with Crippen molar-refractivity contribution in [1.82, 2.24) is 19.8 Å². The number of nitrogens with one attached hydrogen (secondary N) is 2. The molecule has 2 aromatic rings.